The molecule has 3 rings (SSSR count). The summed E-state index contributed by atoms with van der Waals surface area (Å²) in [6, 6.07) is 0. The van der Waals surface area contributed by atoms with Gasteiger partial charge in [-0.3, -0.25) is 4.79 Å². The fourth-order valence-corrected chi connectivity index (χ4v) is 4.48. The molecule has 0 radical (unpaired) electrons. The Morgan fingerprint density at radius 2 is 1.81 bits per heavy atom. The monoisotopic (exact) mass is 314 g/mol. The van der Waals surface area contributed by atoms with Crippen LogP contribution >= 0.6 is 12.4 Å². The highest BCUT2D eigenvalue weighted by atomic mass is 35.5. The van der Waals surface area contributed by atoms with E-state index in [1.807, 2.05) is 0 Å². The van der Waals surface area contributed by atoms with E-state index in [-0.39, 0.29) is 12.4 Å². The summed E-state index contributed by atoms with van der Waals surface area (Å²) in [5.74, 6) is 1.16. The number of likely N-dealkylation sites (tertiary alicyclic amines) is 1. The third-order valence-electron chi connectivity index (χ3n) is 6.02. The molecule has 0 aromatic heterocycles. The highest BCUT2D eigenvalue weighted by Gasteiger charge is 2.36. The van der Waals surface area contributed by atoms with Gasteiger partial charge in [0.05, 0.1) is 0 Å². The summed E-state index contributed by atoms with van der Waals surface area (Å²) in [6.45, 7) is 4.32. The molecular weight excluding hydrogens is 284 g/mol. The zero-order chi connectivity index (χ0) is 13.8. The van der Waals surface area contributed by atoms with Crippen molar-refractivity contribution in [2.24, 2.45) is 11.3 Å². The van der Waals surface area contributed by atoms with Gasteiger partial charge in [-0.2, -0.15) is 0 Å². The molecule has 122 valence electrons. The zero-order valence-corrected chi connectivity index (χ0v) is 14.1. The maximum atomic E-state index is 12.3. The van der Waals surface area contributed by atoms with Crippen LogP contribution < -0.4 is 5.32 Å². The number of nitrogens with one attached hydrogen (secondary N) is 1. The zero-order valence-electron chi connectivity index (χ0n) is 13.2. The van der Waals surface area contributed by atoms with Crippen molar-refractivity contribution in [2.45, 2.75) is 64.2 Å². The largest absolute Gasteiger partial charge is 0.343 e. The van der Waals surface area contributed by atoms with E-state index < -0.39 is 0 Å². The van der Waals surface area contributed by atoms with Crippen molar-refractivity contribution in [1.29, 1.82) is 0 Å². The lowest BCUT2D eigenvalue weighted by Gasteiger charge is -2.44. The minimum Gasteiger partial charge on any atom is -0.343 e. The number of carbonyl (C=O) groups is 1. The molecule has 21 heavy (non-hydrogen) atoms. The van der Waals surface area contributed by atoms with Crippen LogP contribution in [0, 0.1) is 11.3 Å². The van der Waals surface area contributed by atoms with E-state index in [1.165, 1.54) is 51.4 Å². The van der Waals surface area contributed by atoms with E-state index in [0.717, 1.165) is 44.9 Å². The molecule has 1 N–H and O–H groups in total. The van der Waals surface area contributed by atoms with E-state index >= 15 is 0 Å². The molecule has 0 aromatic rings. The van der Waals surface area contributed by atoms with Crippen molar-refractivity contribution in [1.82, 2.24) is 10.2 Å². The Morgan fingerprint density at radius 3 is 2.43 bits per heavy atom. The summed E-state index contributed by atoms with van der Waals surface area (Å²) >= 11 is 0. The number of hydrogen-bond acceptors (Lipinski definition) is 2. The van der Waals surface area contributed by atoms with Gasteiger partial charge in [0.25, 0.3) is 0 Å². The number of amides is 1. The van der Waals surface area contributed by atoms with Gasteiger partial charge < -0.3 is 10.2 Å². The van der Waals surface area contributed by atoms with E-state index in [4.69, 9.17) is 0 Å². The molecule has 2 heterocycles. The number of hydrogen-bond donors (Lipinski definition) is 1. The van der Waals surface area contributed by atoms with Crippen molar-refractivity contribution in [2.75, 3.05) is 26.2 Å². The van der Waals surface area contributed by atoms with Gasteiger partial charge in [0, 0.05) is 19.5 Å². The summed E-state index contributed by atoms with van der Waals surface area (Å²) in [5, 5.41) is 3.39. The number of rotatable bonds is 3. The van der Waals surface area contributed by atoms with Crippen LogP contribution in [0.3, 0.4) is 0 Å². The van der Waals surface area contributed by atoms with Gasteiger partial charge in [0.2, 0.25) is 5.91 Å². The first-order valence-electron chi connectivity index (χ1n) is 8.76. The van der Waals surface area contributed by atoms with Gasteiger partial charge in [0.15, 0.2) is 0 Å². The van der Waals surface area contributed by atoms with Gasteiger partial charge in [-0.15, -0.1) is 12.4 Å². The predicted octanol–water partition coefficient (Wildman–Crippen LogP) is 3.37. The molecule has 1 unspecified atom stereocenters. The standard InChI is InChI=1S/C17H30N2O.ClH/c20-16(5-4-15-6-11-18-14-15)19-12-9-17(10-13-19)7-2-1-3-8-17;/h15,18H,1-14H2;1H. The Balaban J connectivity index is 0.00000161. The topological polar surface area (TPSA) is 32.3 Å². The highest BCUT2D eigenvalue weighted by Crippen LogP contribution is 2.44. The molecular formula is C17H31ClN2O. The van der Waals surface area contributed by atoms with Crippen molar-refractivity contribution in [3.8, 4) is 0 Å². The normalized spacial score (nSPS) is 28.4. The van der Waals surface area contributed by atoms with Crippen LogP contribution in [0.15, 0.2) is 0 Å². The first-order valence-corrected chi connectivity index (χ1v) is 8.76. The molecule has 4 heteroatoms. The molecule has 2 saturated heterocycles. The lowest BCUT2D eigenvalue weighted by Crippen LogP contribution is -2.43. The van der Waals surface area contributed by atoms with E-state index in [2.05, 4.69) is 10.2 Å². The second kappa shape index (κ2) is 7.82. The second-order valence-electron chi connectivity index (χ2n) is 7.34. The molecule has 0 bridgehead atoms. The first kappa shape index (κ1) is 17.1. The smallest absolute Gasteiger partial charge is 0.222 e. The molecule has 0 aromatic carbocycles. The SMILES string of the molecule is Cl.O=C(CCC1CCNC1)N1CCC2(CCCCC2)CC1. The summed E-state index contributed by atoms with van der Waals surface area (Å²) in [6.07, 6.45) is 12.8. The number of carbonyl (C=O) groups excluding carboxylic acids is 1. The fourth-order valence-electron chi connectivity index (χ4n) is 4.48. The lowest BCUT2D eigenvalue weighted by atomic mass is 9.68. The molecule has 3 nitrogen and oxygen atoms in total. The van der Waals surface area contributed by atoms with Crippen LogP contribution in [0.2, 0.25) is 0 Å². The molecule has 1 aliphatic carbocycles. The maximum Gasteiger partial charge on any atom is 0.222 e. The third-order valence-corrected chi connectivity index (χ3v) is 6.02. The van der Waals surface area contributed by atoms with Gasteiger partial charge in [-0.1, -0.05) is 19.3 Å². The van der Waals surface area contributed by atoms with E-state index in [9.17, 15) is 4.79 Å². The van der Waals surface area contributed by atoms with Crippen LogP contribution in [0.4, 0.5) is 0 Å². The van der Waals surface area contributed by atoms with Gasteiger partial charge in [0.1, 0.15) is 0 Å². The van der Waals surface area contributed by atoms with Crippen molar-refractivity contribution < 1.29 is 4.79 Å². The Bertz CT molecular complexity index is 326. The molecule has 1 amide bonds. The molecule has 1 spiro atoms. The minimum absolute atomic E-state index is 0. The fraction of sp³-hybridized carbons (Fsp3) is 0.941. The van der Waals surface area contributed by atoms with Crippen LogP contribution in [0.5, 0.6) is 0 Å². The average molecular weight is 315 g/mol. The summed E-state index contributed by atoms with van der Waals surface area (Å²) in [7, 11) is 0. The Labute approximate surface area is 135 Å². The maximum absolute atomic E-state index is 12.3. The highest BCUT2D eigenvalue weighted by molar-refractivity contribution is 5.85. The van der Waals surface area contributed by atoms with Crippen molar-refractivity contribution in [3.63, 3.8) is 0 Å². The molecule has 1 saturated carbocycles. The van der Waals surface area contributed by atoms with E-state index in [1.54, 1.807) is 0 Å². The molecule has 2 aliphatic heterocycles. The first-order chi connectivity index (χ1) is 9.77. The summed E-state index contributed by atoms with van der Waals surface area (Å²) in [5.41, 5.74) is 0.615. The number of nitrogens with zero attached hydrogens (tertiary/aromatic N) is 1. The van der Waals surface area contributed by atoms with Crippen molar-refractivity contribution >= 4 is 18.3 Å². The quantitative estimate of drug-likeness (QED) is 0.866. The molecule has 3 aliphatic rings. The van der Waals surface area contributed by atoms with Gasteiger partial charge >= 0.3 is 0 Å². The molecule has 3 fully saturated rings. The van der Waals surface area contributed by atoms with Crippen LogP contribution in [-0.4, -0.2) is 37.0 Å². The van der Waals surface area contributed by atoms with Crippen molar-refractivity contribution in [3.05, 3.63) is 0 Å². The van der Waals surface area contributed by atoms with Crippen LogP contribution in [0.1, 0.15) is 64.2 Å². The van der Waals surface area contributed by atoms with E-state index in [0.29, 0.717) is 11.3 Å². The van der Waals surface area contributed by atoms with Crippen LogP contribution in [-0.2, 0) is 4.79 Å². The second-order valence-corrected chi connectivity index (χ2v) is 7.34. The van der Waals surface area contributed by atoms with Gasteiger partial charge in [-0.05, 0) is 62.9 Å². The Kier molecular flexibility index (Phi) is 6.36. The number of piperidine rings is 1. The minimum atomic E-state index is 0. The van der Waals surface area contributed by atoms with Gasteiger partial charge in [-0.25, -0.2) is 0 Å². The Morgan fingerprint density at radius 1 is 1.10 bits per heavy atom. The predicted molar refractivity (Wildman–Crippen MR) is 88.8 cm³/mol. The molecule has 1 atom stereocenters. The Hall–Kier alpha value is -0.280. The van der Waals surface area contributed by atoms with Crippen LogP contribution in [0.25, 0.3) is 0 Å². The summed E-state index contributed by atoms with van der Waals surface area (Å²) < 4.78 is 0. The summed E-state index contributed by atoms with van der Waals surface area (Å²) in [4.78, 5) is 14.5. The number of halogens is 1. The average Bonchev–Trinajstić information content (AvgIpc) is 3.00. The lowest BCUT2D eigenvalue weighted by molar-refractivity contribution is -0.134. The third kappa shape index (κ3) is 4.35.